The Morgan fingerprint density at radius 2 is 1.67 bits per heavy atom. The van der Waals surface area contributed by atoms with E-state index in [1.165, 1.54) is 4.31 Å². The second kappa shape index (κ2) is 8.50. The summed E-state index contributed by atoms with van der Waals surface area (Å²) in [6.45, 7) is 0.723. The number of piperazine rings is 1. The van der Waals surface area contributed by atoms with E-state index in [1.807, 2.05) is 12.1 Å². The topological polar surface area (TPSA) is 125 Å². The van der Waals surface area contributed by atoms with E-state index in [1.54, 1.807) is 47.9 Å². The summed E-state index contributed by atoms with van der Waals surface area (Å²) in [5.74, 6) is -0.273. The van der Waals surface area contributed by atoms with Gasteiger partial charge in [-0.15, -0.1) is 0 Å². The fraction of sp³-hybridized carbons (Fsp3) is 0.190. The first-order valence-corrected chi connectivity index (χ1v) is 11.9. The van der Waals surface area contributed by atoms with Crippen LogP contribution < -0.4 is 0 Å². The number of aromatic nitrogens is 5. The molecule has 33 heavy (non-hydrogen) atoms. The largest absolute Gasteiger partial charge is 0.333 e. The second-order valence-corrected chi connectivity index (χ2v) is 9.72. The van der Waals surface area contributed by atoms with Gasteiger partial charge in [-0.2, -0.15) is 4.31 Å². The maximum Gasteiger partial charge on any atom is 0.291 e. The second-order valence-electron chi connectivity index (χ2n) is 7.43. The number of nitrogens with zero attached hydrogens (tertiary/aromatic N) is 6. The lowest BCUT2D eigenvalue weighted by Crippen LogP contribution is -2.50. The van der Waals surface area contributed by atoms with Gasteiger partial charge in [0.15, 0.2) is 0 Å². The molecule has 12 heteroatoms. The van der Waals surface area contributed by atoms with E-state index in [-0.39, 0.29) is 43.1 Å². The fourth-order valence-electron chi connectivity index (χ4n) is 3.61. The highest BCUT2D eigenvalue weighted by Crippen LogP contribution is 2.22. The zero-order valence-corrected chi connectivity index (χ0v) is 18.8. The van der Waals surface area contributed by atoms with Gasteiger partial charge in [-0.1, -0.05) is 11.6 Å². The van der Waals surface area contributed by atoms with Crippen molar-refractivity contribution >= 4 is 38.6 Å². The number of halogens is 1. The monoisotopic (exact) mass is 483 g/mol. The van der Waals surface area contributed by atoms with Gasteiger partial charge in [0.05, 0.1) is 11.0 Å². The van der Waals surface area contributed by atoms with Crippen LogP contribution in [0.15, 0.2) is 60.3 Å². The van der Waals surface area contributed by atoms with Crippen molar-refractivity contribution in [1.29, 1.82) is 0 Å². The highest BCUT2D eigenvalue weighted by atomic mass is 35.5. The number of nitrogens with one attached hydrogen (secondary N) is 1. The van der Waals surface area contributed by atoms with Gasteiger partial charge in [-0.3, -0.25) is 9.78 Å². The molecule has 168 valence electrons. The number of benzene rings is 1. The minimum absolute atomic E-state index is 0.0678. The van der Waals surface area contributed by atoms with Crippen molar-refractivity contribution in [3.63, 3.8) is 0 Å². The Hall–Kier alpha value is -3.41. The number of carbonyl (C=O) groups excluding carboxylic acids is 1. The molecule has 0 atom stereocenters. The average Bonchev–Trinajstić information content (AvgIpc) is 3.28. The van der Waals surface area contributed by atoms with Crippen LogP contribution in [0, 0.1) is 0 Å². The number of pyridine rings is 1. The van der Waals surface area contributed by atoms with Crippen LogP contribution in [0.4, 0.5) is 0 Å². The lowest BCUT2D eigenvalue weighted by atomic mass is 10.1. The van der Waals surface area contributed by atoms with E-state index in [9.17, 15) is 13.2 Å². The number of aromatic amines is 1. The summed E-state index contributed by atoms with van der Waals surface area (Å²) in [5, 5.41) is 0.341. The summed E-state index contributed by atoms with van der Waals surface area (Å²) in [5.41, 5.74) is 2.73. The highest BCUT2D eigenvalue weighted by Gasteiger charge is 2.33. The van der Waals surface area contributed by atoms with Crippen LogP contribution in [-0.4, -0.2) is 74.6 Å². The van der Waals surface area contributed by atoms with Crippen molar-refractivity contribution in [3.05, 3.63) is 66.0 Å². The lowest BCUT2D eigenvalue weighted by Gasteiger charge is -2.33. The number of rotatable bonds is 4. The van der Waals surface area contributed by atoms with Gasteiger partial charge in [-0.25, -0.2) is 23.4 Å². The number of fused-ring (bicyclic) bond motifs is 1. The van der Waals surface area contributed by atoms with E-state index in [0.29, 0.717) is 16.1 Å². The zero-order chi connectivity index (χ0) is 23.0. The molecule has 4 heterocycles. The Kier molecular flexibility index (Phi) is 5.52. The van der Waals surface area contributed by atoms with Crippen LogP contribution in [0.25, 0.3) is 22.2 Å². The third-order valence-corrected chi connectivity index (χ3v) is 7.35. The van der Waals surface area contributed by atoms with Gasteiger partial charge >= 0.3 is 0 Å². The van der Waals surface area contributed by atoms with Gasteiger partial charge in [0.25, 0.3) is 15.9 Å². The molecule has 0 aliphatic carbocycles. The van der Waals surface area contributed by atoms with Gasteiger partial charge in [-0.05, 0) is 35.9 Å². The summed E-state index contributed by atoms with van der Waals surface area (Å²) in [4.78, 5) is 33.7. The number of imidazole rings is 1. The standard InChI is InChI=1S/C21H18ClN7O3S/c22-16-1-2-17-18(11-16)27-21(26-17)33(31,32)29-9-7-28(8-10-29)20(30)19-24-12-15(13-25-19)14-3-5-23-6-4-14/h1-6,11-13H,7-10H2,(H,26,27). The first-order valence-electron chi connectivity index (χ1n) is 10.1. The molecule has 10 nitrogen and oxygen atoms in total. The molecule has 1 aliphatic heterocycles. The molecular formula is C21H18ClN7O3S. The predicted octanol–water partition coefficient (Wildman–Crippen LogP) is 2.21. The van der Waals surface area contributed by atoms with Gasteiger partial charge in [0, 0.05) is 61.6 Å². The first-order chi connectivity index (χ1) is 15.9. The van der Waals surface area contributed by atoms with E-state index in [4.69, 9.17) is 11.6 Å². The molecule has 0 radical (unpaired) electrons. The SMILES string of the molecule is O=C(c1ncc(-c2ccncc2)cn1)N1CCN(S(=O)(=O)c2nc3ccc(Cl)cc3[nH]2)CC1. The Morgan fingerprint density at radius 3 is 2.36 bits per heavy atom. The van der Waals surface area contributed by atoms with Gasteiger partial charge < -0.3 is 9.88 Å². The maximum atomic E-state index is 13.0. The molecular weight excluding hydrogens is 466 g/mol. The van der Waals surface area contributed by atoms with Crippen molar-refractivity contribution < 1.29 is 13.2 Å². The van der Waals surface area contributed by atoms with Crippen LogP contribution in [-0.2, 0) is 10.0 Å². The van der Waals surface area contributed by atoms with Crippen LogP contribution in [0.5, 0.6) is 0 Å². The predicted molar refractivity (Wildman–Crippen MR) is 121 cm³/mol. The highest BCUT2D eigenvalue weighted by molar-refractivity contribution is 7.89. The van der Waals surface area contributed by atoms with Crippen LogP contribution in [0.1, 0.15) is 10.6 Å². The Bertz CT molecular complexity index is 1420. The summed E-state index contributed by atoms with van der Waals surface area (Å²) in [6, 6.07) is 8.59. The molecule has 3 aromatic heterocycles. The minimum Gasteiger partial charge on any atom is -0.333 e. The summed E-state index contributed by atoms with van der Waals surface area (Å²) in [7, 11) is -3.84. The normalized spacial score (nSPS) is 15.1. The molecule has 1 saturated heterocycles. The third kappa shape index (κ3) is 4.17. The molecule has 1 aliphatic rings. The first kappa shape index (κ1) is 21.4. The molecule has 0 saturated carbocycles. The number of sulfonamides is 1. The average molecular weight is 484 g/mol. The minimum atomic E-state index is -3.84. The number of carbonyl (C=O) groups is 1. The fourth-order valence-corrected chi connectivity index (χ4v) is 5.12. The summed E-state index contributed by atoms with van der Waals surface area (Å²) >= 11 is 5.97. The van der Waals surface area contributed by atoms with E-state index in [2.05, 4.69) is 24.9 Å². The summed E-state index contributed by atoms with van der Waals surface area (Å²) in [6.07, 6.45) is 6.51. The molecule has 0 unspecified atom stereocenters. The Balaban J connectivity index is 1.26. The van der Waals surface area contributed by atoms with Gasteiger partial charge in [0.2, 0.25) is 11.0 Å². The van der Waals surface area contributed by atoms with Crippen molar-refractivity contribution in [2.45, 2.75) is 5.16 Å². The van der Waals surface area contributed by atoms with Crippen molar-refractivity contribution in [2.24, 2.45) is 0 Å². The van der Waals surface area contributed by atoms with E-state index < -0.39 is 10.0 Å². The Labute approximate surface area is 194 Å². The Morgan fingerprint density at radius 1 is 0.970 bits per heavy atom. The van der Waals surface area contributed by atoms with Crippen LogP contribution >= 0.6 is 11.6 Å². The van der Waals surface area contributed by atoms with Gasteiger partial charge in [0.1, 0.15) is 0 Å². The van der Waals surface area contributed by atoms with Crippen molar-refractivity contribution in [1.82, 2.24) is 34.1 Å². The smallest absolute Gasteiger partial charge is 0.291 e. The van der Waals surface area contributed by atoms with Crippen molar-refractivity contribution in [3.8, 4) is 11.1 Å². The molecule has 5 rings (SSSR count). The molecule has 4 aromatic rings. The third-order valence-electron chi connectivity index (χ3n) is 5.39. The molecule has 0 spiro atoms. The molecule has 0 bridgehead atoms. The number of hydrogen-bond donors (Lipinski definition) is 1. The van der Waals surface area contributed by atoms with E-state index in [0.717, 1.165) is 11.1 Å². The van der Waals surface area contributed by atoms with Crippen molar-refractivity contribution in [2.75, 3.05) is 26.2 Å². The molecule has 1 fully saturated rings. The quantitative estimate of drug-likeness (QED) is 0.471. The molecule has 1 N–H and O–H groups in total. The molecule has 1 amide bonds. The van der Waals surface area contributed by atoms with Crippen LogP contribution in [0.2, 0.25) is 5.02 Å². The number of hydrogen-bond acceptors (Lipinski definition) is 7. The van der Waals surface area contributed by atoms with E-state index >= 15 is 0 Å². The maximum absolute atomic E-state index is 13.0. The lowest BCUT2D eigenvalue weighted by molar-refractivity contribution is 0.0685. The summed E-state index contributed by atoms with van der Waals surface area (Å²) < 4.78 is 27.4. The zero-order valence-electron chi connectivity index (χ0n) is 17.2. The number of H-pyrrole nitrogens is 1. The van der Waals surface area contributed by atoms with Crippen LogP contribution in [0.3, 0.4) is 0 Å². The molecule has 1 aromatic carbocycles. The number of amides is 1.